The number of hydrogen-bond acceptors (Lipinski definition) is 2. The van der Waals surface area contributed by atoms with E-state index in [0.29, 0.717) is 13.0 Å². The van der Waals surface area contributed by atoms with E-state index in [4.69, 9.17) is 0 Å². The molecule has 2 aliphatic rings. The first-order valence-corrected chi connectivity index (χ1v) is 9.05. The number of hydrogen-bond donors (Lipinski definition) is 1. The van der Waals surface area contributed by atoms with Crippen LogP contribution < -0.4 is 0 Å². The second-order valence-electron chi connectivity index (χ2n) is 7.04. The number of likely N-dealkylation sites (N-methyl/N-ethyl adjacent to an activating group) is 1. The van der Waals surface area contributed by atoms with E-state index in [1.807, 2.05) is 37.9 Å². The molecule has 1 amide bonds. The predicted octanol–water partition coefficient (Wildman–Crippen LogP) is 3.05. The molecule has 0 bridgehead atoms. The molecule has 1 aliphatic heterocycles. The van der Waals surface area contributed by atoms with Gasteiger partial charge in [-0.1, -0.05) is 18.2 Å². The molecule has 2 heterocycles. The number of carbonyl (C=O) groups is 1. The Balaban J connectivity index is 1.83. The highest BCUT2D eigenvalue weighted by Crippen LogP contribution is 2.41. The molecule has 0 saturated carbocycles. The van der Waals surface area contributed by atoms with Gasteiger partial charge in [0.25, 0.3) is 0 Å². The maximum absolute atomic E-state index is 14.4. The first kappa shape index (κ1) is 16.3. The summed E-state index contributed by atoms with van der Waals surface area (Å²) in [7, 11) is 2.04. The van der Waals surface area contributed by atoms with Crippen molar-refractivity contribution in [3.63, 3.8) is 0 Å². The van der Waals surface area contributed by atoms with E-state index in [1.165, 1.54) is 0 Å². The Bertz CT molecular complexity index is 865. The average Bonchev–Trinajstić information content (AvgIpc) is 2.93. The van der Waals surface area contributed by atoms with Gasteiger partial charge in [-0.2, -0.15) is 4.39 Å². The Kier molecular flexibility index (Phi) is 3.91. The summed E-state index contributed by atoms with van der Waals surface area (Å²) in [5, 5.41) is 0.979. The largest absolute Gasteiger partial charge is 0.343 e. The van der Waals surface area contributed by atoms with Crippen LogP contribution in [0.15, 0.2) is 24.3 Å². The molecule has 0 saturated heterocycles. The van der Waals surface area contributed by atoms with Crippen LogP contribution in [0.25, 0.3) is 16.5 Å². The van der Waals surface area contributed by atoms with Crippen LogP contribution in [0.2, 0.25) is 0 Å². The van der Waals surface area contributed by atoms with Gasteiger partial charge in [-0.3, -0.25) is 9.69 Å². The average molecular weight is 341 g/mol. The topological polar surface area (TPSA) is 39.3 Å². The number of rotatable bonds is 3. The van der Waals surface area contributed by atoms with Crippen LogP contribution in [0.1, 0.15) is 25.0 Å². The van der Waals surface area contributed by atoms with E-state index in [9.17, 15) is 9.18 Å². The van der Waals surface area contributed by atoms with Gasteiger partial charge in [0, 0.05) is 42.1 Å². The van der Waals surface area contributed by atoms with Gasteiger partial charge in [-0.25, -0.2) is 0 Å². The lowest BCUT2D eigenvalue weighted by atomic mass is 9.79. The van der Waals surface area contributed by atoms with Crippen LogP contribution in [-0.2, 0) is 11.2 Å². The molecule has 1 N–H and O–H groups in total. The Morgan fingerprint density at radius 2 is 2.12 bits per heavy atom. The summed E-state index contributed by atoms with van der Waals surface area (Å²) < 4.78 is 14.4. The minimum atomic E-state index is -0.226. The van der Waals surface area contributed by atoms with Gasteiger partial charge >= 0.3 is 0 Å². The Morgan fingerprint density at radius 1 is 1.36 bits per heavy atom. The summed E-state index contributed by atoms with van der Waals surface area (Å²) in [6, 6.07) is 6.05. The second-order valence-corrected chi connectivity index (χ2v) is 7.04. The third-order valence-corrected chi connectivity index (χ3v) is 5.73. The number of fused-ring (bicyclic) bond motifs is 2. The summed E-state index contributed by atoms with van der Waals surface area (Å²) in [6.07, 6.45) is 2.78. The smallest absolute Gasteiger partial charge is 0.230 e. The van der Waals surface area contributed by atoms with E-state index < -0.39 is 0 Å². The molecule has 0 fully saturated rings. The number of aromatic nitrogens is 1. The molecule has 25 heavy (non-hydrogen) atoms. The highest BCUT2D eigenvalue weighted by Gasteiger charge is 2.37. The van der Waals surface area contributed by atoms with Gasteiger partial charge in [-0.05, 0) is 44.5 Å². The molecule has 2 atom stereocenters. The summed E-state index contributed by atoms with van der Waals surface area (Å²) in [4.78, 5) is 19.8. The van der Waals surface area contributed by atoms with Crippen LogP contribution in [-0.4, -0.2) is 53.4 Å². The number of nitrogens with zero attached hydrogens (tertiary/aromatic N) is 2. The molecule has 1 aromatic heterocycles. The fraction of sp³-hybridized carbons (Fsp3) is 0.450. The van der Waals surface area contributed by atoms with Crippen molar-refractivity contribution in [3.8, 4) is 0 Å². The van der Waals surface area contributed by atoms with Gasteiger partial charge in [0.05, 0.1) is 5.92 Å². The zero-order valence-corrected chi connectivity index (χ0v) is 15.0. The number of amides is 1. The highest BCUT2D eigenvalue weighted by molar-refractivity contribution is 5.99. The third-order valence-electron chi connectivity index (χ3n) is 5.73. The fourth-order valence-corrected chi connectivity index (χ4v) is 4.42. The van der Waals surface area contributed by atoms with Crippen molar-refractivity contribution in [3.05, 3.63) is 41.3 Å². The molecule has 1 aliphatic carbocycles. The minimum absolute atomic E-state index is 0.129. The molecule has 0 unspecified atom stereocenters. The number of halogens is 1. The van der Waals surface area contributed by atoms with Gasteiger partial charge in [-0.15, -0.1) is 0 Å². The molecule has 132 valence electrons. The van der Waals surface area contributed by atoms with Crippen LogP contribution in [0.5, 0.6) is 0 Å². The molecule has 5 heteroatoms. The molecular formula is C20H24FN3O. The maximum Gasteiger partial charge on any atom is 0.230 e. The first-order valence-electron chi connectivity index (χ1n) is 9.05. The van der Waals surface area contributed by atoms with Crippen molar-refractivity contribution < 1.29 is 9.18 Å². The highest BCUT2D eigenvalue weighted by atomic mass is 19.1. The van der Waals surface area contributed by atoms with E-state index in [1.54, 1.807) is 0 Å². The minimum Gasteiger partial charge on any atom is -0.343 e. The van der Waals surface area contributed by atoms with Gasteiger partial charge in [0.2, 0.25) is 5.91 Å². The number of H-pyrrole nitrogens is 1. The quantitative estimate of drug-likeness (QED) is 0.932. The lowest BCUT2D eigenvalue weighted by Crippen LogP contribution is -2.47. The lowest BCUT2D eigenvalue weighted by molar-refractivity contribution is -0.134. The molecular weight excluding hydrogens is 317 g/mol. The zero-order valence-electron chi connectivity index (χ0n) is 15.0. The Labute approximate surface area is 147 Å². The fourth-order valence-electron chi connectivity index (χ4n) is 4.42. The Morgan fingerprint density at radius 3 is 2.84 bits per heavy atom. The van der Waals surface area contributed by atoms with Crippen molar-refractivity contribution in [2.45, 2.75) is 26.3 Å². The summed E-state index contributed by atoms with van der Waals surface area (Å²) in [6.45, 7) is 6.16. The molecule has 2 aromatic rings. The number of nitrogens with one attached hydrogen (secondary N) is 1. The zero-order chi connectivity index (χ0) is 17.7. The summed E-state index contributed by atoms with van der Waals surface area (Å²) in [5.41, 5.74) is 3.83. The van der Waals surface area contributed by atoms with Crippen molar-refractivity contribution in [2.24, 2.45) is 5.92 Å². The molecule has 1 aromatic carbocycles. The van der Waals surface area contributed by atoms with Crippen molar-refractivity contribution in [1.82, 2.24) is 14.8 Å². The van der Waals surface area contributed by atoms with E-state index in [0.717, 1.165) is 40.7 Å². The molecule has 0 spiro atoms. The van der Waals surface area contributed by atoms with Crippen molar-refractivity contribution in [1.29, 1.82) is 0 Å². The van der Waals surface area contributed by atoms with E-state index in [-0.39, 0.29) is 23.8 Å². The van der Waals surface area contributed by atoms with Crippen molar-refractivity contribution >= 4 is 22.4 Å². The predicted molar refractivity (Wildman–Crippen MR) is 97.8 cm³/mol. The number of benzene rings is 1. The monoisotopic (exact) mass is 341 g/mol. The normalized spacial score (nSPS) is 22.6. The summed E-state index contributed by atoms with van der Waals surface area (Å²) in [5.74, 6) is -0.186. The van der Waals surface area contributed by atoms with Crippen LogP contribution >= 0.6 is 0 Å². The number of carbonyl (C=O) groups excluding carboxylic acids is 1. The molecule has 0 radical (unpaired) electrons. The van der Waals surface area contributed by atoms with Crippen LogP contribution in [0, 0.1) is 11.9 Å². The SMILES string of the molecule is CCN(CC)C(=O)[C@@H]1C=C2c3cccc4[nH]c(F)c(c34)C[C@@H]2N(C)C1. The maximum atomic E-state index is 14.4. The van der Waals surface area contributed by atoms with E-state index in [2.05, 4.69) is 22.0 Å². The Hall–Kier alpha value is -2.14. The first-order chi connectivity index (χ1) is 12.0. The second kappa shape index (κ2) is 5.99. The van der Waals surface area contributed by atoms with Gasteiger partial charge in [0.15, 0.2) is 5.95 Å². The molecule has 4 rings (SSSR count). The third kappa shape index (κ3) is 2.41. The standard InChI is InChI=1S/C20H24FN3O/c1-4-24(5-2)20(25)12-9-14-13-7-6-8-16-18(13)15(19(21)22-16)10-17(14)23(3)11-12/h6-9,12,17,22H,4-5,10-11H2,1-3H3/t12-,17+/m1/s1. The van der Waals surface area contributed by atoms with Crippen LogP contribution in [0.4, 0.5) is 4.39 Å². The van der Waals surface area contributed by atoms with E-state index >= 15 is 0 Å². The number of aromatic amines is 1. The lowest BCUT2D eigenvalue weighted by Gasteiger charge is -2.40. The van der Waals surface area contributed by atoms with Crippen LogP contribution in [0.3, 0.4) is 0 Å². The summed E-state index contributed by atoms with van der Waals surface area (Å²) >= 11 is 0. The van der Waals surface area contributed by atoms with Gasteiger partial charge in [0.1, 0.15) is 0 Å². The van der Waals surface area contributed by atoms with Crippen molar-refractivity contribution in [2.75, 3.05) is 26.7 Å². The molecule has 4 nitrogen and oxygen atoms in total. The van der Waals surface area contributed by atoms with Gasteiger partial charge < -0.3 is 9.88 Å².